The molecule has 0 spiro atoms. The molecule has 1 aromatic heterocycles. The molecule has 0 bridgehead atoms. The lowest BCUT2D eigenvalue weighted by atomic mass is 10.2. The number of rotatable bonds is 1. The Morgan fingerprint density at radius 2 is 1.78 bits per heavy atom. The molecule has 1 aliphatic rings. The van der Waals surface area contributed by atoms with Crippen LogP contribution < -0.4 is 5.73 Å². The van der Waals surface area contributed by atoms with Crippen LogP contribution in [-0.4, -0.2) is 9.78 Å². The highest BCUT2D eigenvalue weighted by Gasteiger charge is 2.22. The van der Waals surface area contributed by atoms with Crippen LogP contribution in [0.15, 0.2) is 12.1 Å². The summed E-state index contributed by atoms with van der Waals surface area (Å²) in [4.78, 5) is 0. The van der Waals surface area contributed by atoms with E-state index in [1.807, 2.05) is 0 Å². The fourth-order valence-corrected chi connectivity index (χ4v) is 2.28. The summed E-state index contributed by atoms with van der Waals surface area (Å²) in [5.74, 6) is -3.62. The van der Waals surface area contributed by atoms with Gasteiger partial charge in [-0.3, -0.25) is 0 Å². The number of benzene rings is 1. The SMILES string of the molecule is Nc1c2c(nn1-c1cc(F)c(F)c(F)c1)CCC2. The van der Waals surface area contributed by atoms with Crippen LogP contribution in [-0.2, 0) is 12.8 Å². The second-order valence-corrected chi connectivity index (χ2v) is 4.30. The summed E-state index contributed by atoms with van der Waals surface area (Å²) in [6.45, 7) is 0. The molecule has 1 heterocycles. The molecule has 0 aliphatic heterocycles. The Kier molecular flexibility index (Phi) is 2.33. The Morgan fingerprint density at radius 3 is 2.39 bits per heavy atom. The first-order valence-electron chi connectivity index (χ1n) is 5.59. The van der Waals surface area contributed by atoms with E-state index in [2.05, 4.69) is 5.10 Å². The van der Waals surface area contributed by atoms with Crippen LogP contribution in [0.2, 0.25) is 0 Å². The zero-order valence-electron chi connectivity index (χ0n) is 9.38. The van der Waals surface area contributed by atoms with E-state index in [1.54, 1.807) is 0 Å². The molecule has 0 fully saturated rings. The number of aryl methyl sites for hydroxylation is 1. The Labute approximate surface area is 101 Å². The lowest BCUT2D eigenvalue weighted by molar-refractivity contribution is 0.446. The summed E-state index contributed by atoms with van der Waals surface area (Å²) in [5, 5.41) is 4.21. The minimum Gasteiger partial charge on any atom is -0.383 e. The molecule has 0 radical (unpaired) electrons. The van der Waals surface area contributed by atoms with E-state index in [0.717, 1.165) is 42.7 Å². The van der Waals surface area contributed by atoms with Crippen molar-refractivity contribution in [3.63, 3.8) is 0 Å². The number of aromatic nitrogens is 2. The third-order valence-electron chi connectivity index (χ3n) is 3.16. The number of halogens is 3. The Hall–Kier alpha value is -1.98. The van der Waals surface area contributed by atoms with Gasteiger partial charge in [0, 0.05) is 17.7 Å². The molecule has 0 atom stereocenters. The van der Waals surface area contributed by atoms with Gasteiger partial charge in [-0.1, -0.05) is 0 Å². The fourth-order valence-electron chi connectivity index (χ4n) is 2.28. The average molecular weight is 253 g/mol. The van der Waals surface area contributed by atoms with Crippen LogP contribution in [0.4, 0.5) is 19.0 Å². The lowest BCUT2D eigenvalue weighted by Crippen LogP contribution is -2.06. The maximum Gasteiger partial charge on any atom is 0.194 e. The van der Waals surface area contributed by atoms with Gasteiger partial charge in [-0.15, -0.1) is 0 Å². The molecule has 3 rings (SSSR count). The molecule has 1 aliphatic carbocycles. The zero-order valence-corrected chi connectivity index (χ0v) is 9.38. The highest BCUT2D eigenvalue weighted by molar-refractivity contribution is 5.51. The molecule has 2 aromatic rings. The second kappa shape index (κ2) is 3.76. The normalized spacial score (nSPS) is 13.9. The van der Waals surface area contributed by atoms with Crippen LogP contribution in [0.1, 0.15) is 17.7 Å². The third kappa shape index (κ3) is 1.48. The van der Waals surface area contributed by atoms with E-state index in [9.17, 15) is 13.2 Å². The van der Waals surface area contributed by atoms with Gasteiger partial charge in [0.2, 0.25) is 0 Å². The standard InChI is InChI=1S/C12H10F3N3/c13-8-4-6(5-9(14)11(8)15)18-12(16)7-2-1-3-10(7)17-18/h4-5H,1-3,16H2. The first-order chi connectivity index (χ1) is 8.58. The van der Waals surface area contributed by atoms with Crippen molar-refractivity contribution in [2.75, 3.05) is 5.73 Å². The van der Waals surface area contributed by atoms with E-state index in [0.29, 0.717) is 5.82 Å². The first-order valence-corrected chi connectivity index (χ1v) is 5.59. The molecular formula is C12H10F3N3. The predicted octanol–water partition coefficient (Wildman–Crippen LogP) is 2.36. The van der Waals surface area contributed by atoms with E-state index in [-0.39, 0.29) is 5.69 Å². The van der Waals surface area contributed by atoms with Gasteiger partial charge in [0.25, 0.3) is 0 Å². The van der Waals surface area contributed by atoms with Crippen molar-refractivity contribution in [2.24, 2.45) is 0 Å². The van der Waals surface area contributed by atoms with Crippen molar-refractivity contribution in [2.45, 2.75) is 19.3 Å². The molecule has 94 valence electrons. The fraction of sp³-hybridized carbons (Fsp3) is 0.250. The maximum atomic E-state index is 13.2. The van der Waals surface area contributed by atoms with Crippen molar-refractivity contribution in [1.29, 1.82) is 0 Å². The van der Waals surface area contributed by atoms with Crippen molar-refractivity contribution >= 4 is 5.82 Å². The number of fused-ring (bicyclic) bond motifs is 1. The highest BCUT2D eigenvalue weighted by atomic mass is 19.2. The summed E-state index contributed by atoms with van der Waals surface area (Å²) in [6, 6.07) is 1.77. The maximum absolute atomic E-state index is 13.2. The number of anilines is 1. The highest BCUT2D eigenvalue weighted by Crippen LogP contribution is 2.29. The molecule has 6 heteroatoms. The quantitative estimate of drug-likeness (QED) is 0.793. The van der Waals surface area contributed by atoms with Crippen molar-refractivity contribution in [3.8, 4) is 5.69 Å². The molecule has 18 heavy (non-hydrogen) atoms. The van der Waals surface area contributed by atoms with Crippen molar-refractivity contribution in [1.82, 2.24) is 9.78 Å². The molecule has 3 nitrogen and oxygen atoms in total. The molecular weight excluding hydrogens is 243 g/mol. The number of nitrogens with zero attached hydrogens (tertiary/aromatic N) is 2. The molecule has 0 saturated heterocycles. The summed E-state index contributed by atoms with van der Waals surface area (Å²) in [6.07, 6.45) is 2.60. The number of nitrogens with two attached hydrogens (primary N) is 1. The van der Waals surface area contributed by atoms with Gasteiger partial charge in [0.1, 0.15) is 5.82 Å². The number of hydrogen-bond acceptors (Lipinski definition) is 2. The predicted molar refractivity (Wildman–Crippen MR) is 59.9 cm³/mol. The minimum absolute atomic E-state index is 0.0956. The Balaban J connectivity index is 2.16. The van der Waals surface area contributed by atoms with Gasteiger partial charge in [-0.2, -0.15) is 5.10 Å². The lowest BCUT2D eigenvalue weighted by Gasteiger charge is -2.06. The van der Waals surface area contributed by atoms with Gasteiger partial charge in [-0.25, -0.2) is 17.9 Å². The summed E-state index contributed by atoms with van der Waals surface area (Å²) in [5.41, 5.74) is 7.74. The van der Waals surface area contributed by atoms with E-state index in [4.69, 9.17) is 5.73 Å². The second-order valence-electron chi connectivity index (χ2n) is 4.30. The summed E-state index contributed by atoms with van der Waals surface area (Å²) in [7, 11) is 0. The Bertz CT molecular complexity index is 611. The van der Waals surface area contributed by atoms with Crippen LogP contribution in [0.25, 0.3) is 5.69 Å². The van der Waals surface area contributed by atoms with Crippen molar-refractivity contribution in [3.05, 3.63) is 40.8 Å². The number of nitrogen functional groups attached to an aromatic ring is 1. The van der Waals surface area contributed by atoms with Gasteiger partial charge in [0.05, 0.1) is 11.4 Å². The summed E-state index contributed by atoms with van der Waals surface area (Å²) < 4.78 is 40.5. The van der Waals surface area contributed by atoms with Gasteiger partial charge >= 0.3 is 0 Å². The van der Waals surface area contributed by atoms with Crippen LogP contribution in [0.5, 0.6) is 0 Å². The molecule has 0 amide bonds. The number of hydrogen-bond donors (Lipinski definition) is 1. The van der Waals surface area contributed by atoms with E-state index in [1.165, 1.54) is 4.68 Å². The minimum atomic E-state index is -1.49. The van der Waals surface area contributed by atoms with E-state index >= 15 is 0 Å². The topological polar surface area (TPSA) is 43.8 Å². The van der Waals surface area contributed by atoms with Crippen LogP contribution in [0.3, 0.4) is 0 Å². The van der Waals surface area contributed by atoms with Gasteiger partial charge in [-0.05, 0) is 19.3 Å². The molecule has 0 saturated carbocycles. The summed E-state index contributed by atoms with van der Waals surface area (Å²) >= 11 is 0. The van der Waals surface area contributed by atoms with Crippen LogP contribution in [0, 0.1) is 17.5 Å². The third-order valence-corrected chi connectivity index (χ3v) is 3.16. The zero-order chi connectivity index (χ0) is 12.9. The van der Waals surface area contributed by atoms with Crippen molar-refractivity contribution < 1.29 is 13.2 Å². The average Bonchev–Trinajstić information content (AvgIpc) is 2.89. The van der Waals surface area contributed by atoms with Crippen LogP contribution >= 0.6 is 0 Å². The molecule has 2 N–H and O–H groups in total. The van der Waals surface area contributed by atoms with Gasteiger partial charge < -0.3 is 5.73 Å². The largest absolute Gasteiger partial charge is 0.383 e. The molecule has 1 aromatic carbocycles. The first kappa shape index (κ1) is 11.1. The smallest absolute Gasteiger partial charge is 0.194 e. The monoisotopic (exact) mass is 253 g/mol. The van der Waals surface area contributed by atoms with E-state index < -0.39 is 17.5 Å². The Morgan fingerprint density at radius 1 is 1.11 bits per heavy atom. The molecule has 0 unspecified atom stereocenters. The van der Waals surface area contributed by atoms with Gasteiger partial charge in [0.15, 0.2) is 17.5 Å².